The number of hydrogen-bond donors (Lipinski definition) is 1. The van der Waals surface area contributed by atoms with Crippen molar-refractivity contribution < 1.29 is 33.7 Å². The molecule has 2 saturated heterocycles. The molecule has 3 atom stereocenters. The average molecular weight is 577 g/mol. The van der Waals surface area contributed by atoms with Crippen molar-refractivity contribution in [1.29, 1.82) is 0 Å². The number of amides is 1. The molecular weight excluding hydrogens is 532 g/mol. The molecule has 10 heteroatoms. The minimum Gasteiger partial charge on any atom is -0.507 e. The number of phenols is 1. The lowest BCUT2D eigenvalue weighted by atomic mass is 9.78. The Bertz CT molecular complexity index is 1180. The van der Waals surface area contributed by atoms with Crippen LogP contribution in [0.4, 0.5) is 0 Å². The van der Waals surface area contributed by atoms with Crippen LogP contribution in [0.5, 0.6) is 5.75 Å². The number of methoxy groups -OCH3 is 1. The van der Waals surface area contributed by atoms with Crippen LogP contribution in [0.25, 0.3) is 0 Å². The van der Waals surface area contributed by atoms with Gasteiger partial charge in [-0.15, -0.1) is 11.8 Å². The summed E-state index contributed by atoms with van der Waals surface area (Å²) in [5.41, 5.74) is -0.609. The van der Waals surface area contributed by atoms with Crippen molar-refractivity contribution in [3.05, 3.63) is 28.8 Å². The summed E-state index contributed by atoms with van der Waals surface area (Å²) < 4.78 is 15.4. The number of hydrogen-bond acceptors (Lipinski definition) is 9. The Morgan fingerprint density at radius 1 is 1.02 bits per heavy atom. The van der Waals surface area contributed by atoms with Crippen LogP contribution < -0.4 is 0 Å². The maximum absolute atomic E-state index is 13.6. The third-order valence-corrected chi connectivity index (χ3v) is 8.77. The van der Waals surface area contributed by atoms with Crippen LogP contribution in [-0.4, -0.2) is 69.9 Å². The lowest BCUT2D eigenvalue weighted by molar-refractivity contribution is -0.196. The van der Waals surface area contributed by atoms with Crippen molar-refractivity contribution in [1.82, 2.24) is 4.90 Å². The van der Waals surface area contributed by atoms with E-state index in [1.807, 2.05) is 67.5 Å². The Kier molecular flexibility index (Phi) is 8.26. The number of ether oxygens (including phenoxy) is 3. The smallest absolute Gasteiger partial charge is 0.333 e. The van der Waals surface area contributed by atoms with Gasteiger partial charge in [-0.25, -0.2) is 9.79 Å². The molecule has 222 valence electrons. The molecule has 2 aliphatic heterocycles. The number of aromatic hydroxyl groups is 1. The zero-order valence-corrected chi connectivity index (χ0v) is 26.6. The molecule has 0 bridgehead atoms. The molecule has 0 saturated carbocycles. The Hall–Kier alpha value is -2.59. The standard InChI is InChI=1S/C30H44N2O7S/c1-26(2,3)18-13-17(14-19(20(18)33)27(4,5)6)15-31-30(37-12)23(35)32-21(29(10,11)40-24(30)32)22(34)38-16-39-25(36)28(7,8)9/h13-15,21,24,33H,16H2,1-12H3/t21-,24+,30-/m0/s1. The summed E-state index contributed by atoms with van der Waals surface area (Å²) in [6.07, 6.45) is 1.60. The molecule has 1 aromatic rings. The largest absolute Gasteiger partial charge is 0.507 e. The Morgan fingerprint density at radius 2 is 1.55 bits per heavy atom. The van der Waals surface area contributed by atoms with Crippen LogP contribution in [0.1, 0.15) is 92.9 Å². The zero-order valence-electron chi connectivity index (χ0n) is 25.8. The van der Waals surface area contributed by atoms with Gasteiger partial charge in [-0.2, -0.15) is 0 Å². The predicted octanol–water partition coefficient (Wildman–Crippen LogP) is 4.90. The molecule has 1 amide bonds. The first-order valence-corrected chi connectivity index (χ1v) is 14.3. The van der Waals surface area contributed by atoms with Crippen molar-refractivity contribution in [3.63, 3.8) is 0 Å². The zero-order chi connectivity index (χ0) is 30.6. The first kappa shape index (κ1) is 31.9. The number of carbonyl (C=O) groups is 3. The number of rotatable bonds is 6. The highest BCUT2D eigenvalue weighted by molar-refractivity contribution is 8.01. The molecule has 2 aliphatic rings. The Morgan fingerprint density at radius 3 is 2.00 bits per heavy atom. The van der Waals surface area contributed by atoms with Gasteiger partial charge in [-0.05, 0) is 63.1 Å². The van der Waals surface area contributed by atoms with E-state index in [0.717, 1.165) is 16.7 Å². The van der Waals surface area contributed by atoms with Crippen molar-refractivity contribution in [3.8, 4) is 5.75 Å². The second-order valence-electron chi connectivity index (χ2n) is 14.1. The van der Waals surface area contributed by atoms with Gasteiger partial charge in [-0.3, -0.25) is 9.59 Å². The number of phenolic OH excluding ortho intramolecular Hbond substituents is 1. The van der Waals surface area contributed by atoms with Gasteiger partial charge < -0.3 is 24.2 Å². The first-order chi connectivity index (χ1) is 18.1. The molecule has 40 heavy (non-hydrogen) atoms. The molecule has 2 heterocycles. The topological polar surface area (TPSA) is 115 Å². The number of carbonyl (C=O) groups excluding carboxylic acids is 3. The van der Waals surface area contributed by atoms with Crippen LogP contribution in [0.2, 0.25) is 0 Å². The molecular formula is C30H44N2O7S. The Labute approximate surface area is 242 Å². The van der Waals surface area contributed by atoms with Gasteiger partial charge in [0.1, 0.15) is 17.2 Å². The summed E-state index contributed by atoms with van der Waals surface area (Å²) in [7, 11) is 1.43. The summed E-state index contributed by atoms with van der Waals surface area (Å²) in [5.74, 6) is -1.35. The van der Waals surface area contributed by atoms with Crippen LogP contribution in [0, 0.1) is 5.41 Å². The fraction of sp³-hybridized carbons (Fsp3) is 0.667. The molecule has 0 radical (unpaired) electrons. The fourth-order valence-electron chi connectivity index (χ4n) is 4.83. The maximum Gasteiger partial charge on any atom is 0.333 e. The highest BCUT2D eigenvalue weighted by atomic mass is 32.2. The van der Waals surface area contributed by atoms with E-state index < -0.39 is 51.9 Å². The molecule has 1 aromatic carbocycles. The van der Waals surface area contributed by atoms with Gasteiger partial charge in [0.15, 0.2) is 0 Å². The van der Waals surface area contributed by atoms with E-state index in [-0.39, 0.29) is 16.6 Å². The average Bonchev–Trinajstić information content (AvgIpc) is 3.06. The summed E-state index contributed by atoms with van der Waals surface area (Å²) in [6, 6.07) is 2.85. The number of benzene rings is 1. The minimum absolute atomic E-state index is 0.257. The summed E-state index contributed by atoms with van der Waals surface area (Å²) in [5, 5.41) is 10.5. The van der Waals surface area contributed by atoms with Crippen molar-refractivity contribution in [2.24, 2.45) is 10.4 Å². The van der Waals surface area contributed by atoms with Gasteiger partial charge in [-0.1, -0.05) is 41.5 Å². The van der Waals surface area contributed by atoms with Crippen LogP contribution in [0.15, 0.2) is 17.1 Å². The molecule has 2 fully saturated rings. The van der Waals surface area contributed by atoms with Crippen molar-refractivity contribution >= 4 is 35.8 Å². The fourth-order valence-corrected chi connectivity index (χ4v) is 6.50. The highest BCUT2D eigenvalue weighted by Gasteiger charge is 2.73. The van der Waals surface area contributed by atoms with E-state index in [0.29, 0.717) is 0 Å². The molecule has 0 spiro atoms. The second kappa shape index (κ2) is 10.4. The van der Waals surface area contributed by atoms with Gasteiger partial charge in [0.25, 0.3) is 11.6 Å². The highest BCUT2D eigenvalue weighted by Crippen LogP contribution is 2.56. The van der Waals surface area contributed by atoms with Crippen LogP contribution >= 0.6 is 11.8 Å². The van der Waals surface area contributed by atoms with E-state index in [1.54, 1.807) is 27.0 Å². The number of β-lactam (4-membered cyclic amide) rings is 1. The lowest BCUT2D eigenvalue weighted by Gasteiger charge is -2.49. The molecule has 0 unspecified atom stereocenters. The third-order valence-electron chi connectivity index (χ3n) is 7.17. The van der Waals surface area contributed by atoms with Gasteiger partial charge in [0.2, 0.25) is 6.79 Å². The minimum atomic E-state index is -1.52. The first-order valence-electron chi connectivity index (χ1n) is 13.4. The number of fused-ring (bicyclic) bond motifs is 1. The van der Waals surface area contributed by atoms with E-state index >= 15 is 0 Å². The van der Waals surface area contributed by atoms with Crippen molar-refractivity contribution in [2.45, 2.75) is 109 Å². The van der Waals surface area contributed by atoms with Gasteiger partial charge >= 0.3 is 11.9 Å². The normalized spacial score (nSPS) is 24.6. The molecule has 0 aliphatic carbocycles. The van der Waals surface area contributed by atoms with E-state index in [4.69, 9.17) is 14.2 Å². The molecule has 3 rings (SSSR count). The number of aliphatic imine (C=N–C) groups is 1. The quantitative estimate of drug-likeness (QED) is 0.220. The van der Waals surface area contributed by atoms with E-state index in [1.165, 1.54) is 23.8 Å². The predicted molar refractivity (Wildman–Crippen MR) is 155 cm³/mol. The number of nitrogens with zero attached hydrogens (tertiary/aromatic N) is 2. The maximum atomic E-state index is 13.6. The Balaban J connectivity index is 1.89. The van der Waals surface area contributed by atoms with Gasteiger partial charge in [0.05, 0.1) is 5.41 Å². The SMILES string of the molecule is CO[C@@]1(N=Cc2cc(C(C)(C)C)c(O)c(C(C)(C)C)c2)C(=O)N2[C@@H](C(=O)OCOC(=O)C(C)(C)C)C(C)(C)S[C@@H]21. The molecule has 1 N–H and O–H groups in total. The summed E-state index contributed by atoms with van der Waals surface area (Å²) in [6.45, 7) is 20.5. The van der Waals surface area contributed by atoms with E-state index in [9.17, 15) is 19.5 Å². The second-order valence-corrected chi connectivity index (χ2v) is 15.8. The van der Waals surface area contributed by atoms with E-state index in [2.05, 4.69) is 4.99 Å². The monoisotopic (exact) mass is 576 g/mol. The van der Waals surface area contributed by atoms with Crippen LogP contribution in [0.3, 0.4) is 0 Å². The van der Waals surface area contributed by atoms with Crippen LogP contribution in [-0.2, 0) is 39.4 Å². The summed E-state index contributed by atoms with van der Waals surface area (Å²) in [4.78, 5) is 44.8. The number of esters is 2. The third kappa shape index (κ3) is 5.75. The van der Waals surface area contributed by atoms with Crippen molar-refractivity contribution in [2.75, 3.05) is 13.9 Å². The van der Waals surface area contributed by atoms with Gasteiger partial charge in [0, 0.05) is 29.2 Å². The summed E-state index contributed by atoms with van der Waals surface area (Å²) >= 11 is 1.40. The molecule has 9 nitrogen and oxygen atoms in total. The lowest BCUT2D eigenvalue weighted by Crippen LogP contribution is -2.73. The molecule has 0 aromatic heterocycles. The number of thioether (sulfide) groups is 1.